The molecule has 6 rings (SSSR count). The Morgan fingerprint density at radius 3 is 1.46 bits per heavy atom. The van der Waals surface area contributed by atoms with Crippen molar-refractivity contribution in [2.24, 2.45) is 0 Å². The van der Waals surface area contributed by atoms with Crippen LogP contribution in [0.1, 0.15) is 25.7 Å². The number of hydrogen-bond acceptors (Lipinski definition) is 10. The second-order valence-corrected chi connectivity index (χ2v) is 12.4. The predicted molar refractivity (Wildman–Crippen MR) is 187 cm³/mol. The van der Waals surface area contributed by atoms with Crippen molar-refractivity contribution in [1.29, 1.82) is 0 Å². The van der Waals surface area contributed by atoms with Crippen LogP contribution in [-0.2, 0) is 19.2 Å². The third-order valence-corrected chi connectivity index (χ3v) is 9.03. The van der Waals surface area contributed by atoms with Crippen molar-refractivity contribution in [2.75, 3.05) is 52.5 Å². The van der Waals surface area contributed by atoms with E-state index in [1.165, 1.54) is 56.6 Å². The molecule has 2 aliphatic rings. The maximum Gasteiger partial charge on any atom is 0.414 e. The summed E-state index contributed by atoms with van der Waals surface area (Å²) in [6.45, 7) is 8.23. The van der Waals surface area contributed by atoms with Gasteiger partial charge in [0.2, 0.25) is 0 Å². The Labute approximate surface area is 292 Å². The molecule has 0 radical (unpaired) electrons. The zero-order valence-electron chi connectivity index (χ0n) is 27.4. The minimum Gasteiger partial charge on any atom is -0.492 e. The van der Waals surface area contributed by atoms with Crippen molar-refractivity contribution in [1.82, 2.24) is 9.80 Å². The Morgan fingerprint density at radius 1 is 0.580 bits per heavy atom. The molecule has 2 aliphatic heterocycles. The molecule has 0 unspecified atom stereocenters. The van der Waals surface area contributed by atoms with Gasteiger partial charge in [0.15, 0.2) is 5.75 Å². The van der Waals surface area contributed by atoms with E-state index in [0.717, 1.165) is 65.1 Å². The Bertz CT molecular complexity index is 1660. The van der Waals surface area contributed by atoms with Crippen molar-refractivity contribution < 1.29 is 53.8 Å². The minimum atomic E-state index is -1.82. The van der Waals surface area contributed by atoms with Gasteiger partial charge in [-0.25, -0.2) is 19.2 Å². The maximum absolute atomic E-state index is 9.10. The molecule has 266 valence electrons. The van der Waals surface area contributed by atoms with E-state index >= 15 is 0 Å². The molecule has 13 nitrogen and oxygen atoms in total. The zero-order chi connectivity index (χ0) is 35.9. The number of fused-ring (bicyclic) bond motifs is 1. The molecule has 0 amide bonds. The monoisotopic (exact) mass is 708 g/mol. The molecule has 2 saturated heterocycles. The van der Waals surface area contributed by atoms with Crippen LogP contribution in [0.3, 0.4) is 0 Å². The van der Waals surface area contributed by atoms with Crippen molar-refractivity contribution in [2.45, 2.75) is 25.7 Å². The Balaban J connectivity index is 0.000000404. The summed E-state index contributed by atoms with van der Waals surface area (Å²) in [5, 5.41) is 30.7. The van der Waals surface area contributed by atoms with Crippen LogP contribution in [0.15, 0.2) is 72.8 Å². The number of hydrogen-bond donors (Lipinski definition) is 4. The highest BCUT2D eigenvalue weighted by Gasteiger charge is 2.17. The van der Waals surface area contributed by atoms with E-state index in [1.54, 1.807) is 11.3 Å². The van der Waals surface area contributed by atoms with Gasteiger partial charge in [0.25, 0.3) is 0 Å². The topological polar surface area (TPSA) is 183 Å². The van der Waals surface area contributed by atoms with Crippen LogP contribution in [0.25, 0.3) is 20.5 Å². The third kappa shape index (κ3) is 11.8. The largest absolute Gasteiger partial charge is 0.492 e. The van der Waals surface area contributed by atoms with Gasteiger partial charge in [0.05, 0.1) is 4.88 Å². The average Bonchev–Trinajstić information content (AvgIpc) is 3.89. The van der Waals surface area contributed by atoms with Crippen molar-refractivity contribution in [3.63, 3.8) is 0 Å². The van der Waals surface area contributed by atoms with Gasteiger partial charge in [-0.15, -0.1) is 11.3 Å². The first-order chi connectivity index (χ1) is 24.1. The van der Waals surface area contributed by atoms with Crippen molar-refractivity contribution in [3.8, 4) is 33.4 Å². The van der Waals surface area contributed by atoms with Gasteiger partial charge >= 0.3 is 23.9 Å². The molecule has 0 spiro atoms. The van der Waals surface area contributed by atoms with Crippen LogP contribution in [-0.4, -0.2) is 107 Å². The lowest BCUT2D eigenvalue weighted by Gasteiger charge is -2.15. The predicted octanol–water partition coefficient (Wildman–Crippen LogP) is 5.62. The molecule has 14 heteroatoms. The quantitative estimate of drug-likeness (QED) is 0.141. The second-order valence-electron chi connectivity index (χ2n) is 11.4. The summed E-state index contributed by atoms with van der Waals surface area (Å²) in [6.07, 6.45) is 5.24. The lowest BCUT2D eigenvalue weighted by Crippen LogP contribution is -2.25. The molecule has 2 fully saturated rings. The van der Waals surface area contributed by atoms with Gasteiger partial charge < -0.3 is 34.6 Å². The number of carbonyl (C=O) groups is 4. The number of likely N-dealkylation sites (tertiary alicyclic amines) is 2. The van der Waals surface area contributed by atoms with Crippen LogP contribution >= 0.6 is 11.3 Å². The van der Waals surface area contributed by atoms with E-state index in [2.05, 4.69) is 58.3 Å². The van der Waals surface area contributed by atoms with E-state index in [0.29, 0.717) is 0 Å². The van der Waals surface area contributed by atoms with E-state index in [1.807, 2.05) is 24.3 Å². The fraction of sp³-hybridized carbons (Fsp3) is 0.333. The lowest BCUT2D eigenvalue weighted by atomic mass is 10.1. The number of thiophene rings is 1. The Kier molecular flexibility index (Phi) is 14.4. The second kappa shape index (κ2) is 19.1. The molecule has 4 N–H and O–H groups in total. The number of aliphatic carboxylic acids is 4. The number of rotatable bonds is 11. The summed E-state index contributed by atoms with van der Waals surface area (Å²) in [4.78, 5) is 42.5. The summed E-state index contributed by atoms with van der Waals surface area (Å²) in [7, 11) is 0. The van der Waals surface area contributed by atoms with Gasteiger partial charge in [-0.05, 0) is 118 Å². The highest BCUT2D eigenvalue weighted by Crippen LogP contribution is 2.46. The highest BCUT2D eigenvalue weighted by atomic mass is 32.1. The normalized spacial score (nSPS) is 14.2. The van der Waals surface area contributed by atoms with Gasteiger partial charge in [0, 0.05) is 23.2 Å². The fourth-order valence-electron chi connectivity index (χ4n) is 5.34. The summed E-state index contributed by atoms with van der Waals surface area (Å²) >= 11 is 1.76. The van der Waals surface area contributed by atoms with Crippen molar-refractivity contribution in [3.05, 3.63) is 72.8 Å². The first kappa shape index (κ1) is 37.6. The van der Waals surface area contributed by atoms with Crippen LogP contribution in [0.2, 0.25) is 0 Å². The Morgan fingerprint density at radius 2 is 1.00 bits per heavy atom. The van der Waals surface area contributed by atoms with Gasteiger partial charge in [-0.2, -0.15) is 0 Å². The number of carboxylic acids is 4. The molecular weight excluding hydrogens is 668 g/mol. The zero-order valence-corrected chi connectivity index (χ0v) is 28.2. The molecule has 50 heavy (non-hydrogen) atoms. The number of ether oxygens (including phenoxy) is 3. The fourth-order valence-corrected chi connectivity index (χ4v) is 6.47. The average molecular weight is 709 g/mol. The maximum atomic E-state index is 9.10. The van der Waals surface area contributed by atoms with Crippen molar-refractivity contribution >= 4 is 45.3 Å². The summed E-state index contributed by atoms with van der Waals surface area (Å²) in [5.74, 6) is -3.79. The SMILES string of the molecule is O=C(O)C(=O)O.O=C(O)C(=O)O.c1ccc2c(Oc3ccc(OCCN4CCCC4)cc3)c(-c3ccc(OCCN4CCCC4)cc3)sc2c1. The smallest absolute Gasteiger partial charge is 0.414 e. The summed E-state index contributed by atoms with van der Waals surface area (Å²) < 4.78 is 19.7. The van der Waals surface area contributed by atoms with E-state index in [4.69, 9.17) is 53.8 Å². The van der Waals surface area contributed by atoms with E-state index < -0.39 is 23.9 Å². The first-order valence-corrected chi connectivity index (χ1v) is 16.9. The molecular formula is C36H40N2O11S. The molecule has 4 aromatic rings. The lowest BCUT2D eigenvalue weighted by molar-refractivity contribution is -0.159. The third-order valence-electron chi connectivity index (χ3n) is 7.83. The molecule has 0 saturated carbocycles. The van der Waals surface area contributed by atoms with Crippen LogP contribution < -0.4 is 14.2 Å². The van der Waals surface area contributed by atoms with Crippen LogP contribution in [0, 0.1) is 0 Å². The molecule has 3 aromatic carbocycles. The number of nitrogens with zero attached hydrogens (tertiary/aromatic N) is 2. The van der Waals surface area contributed by atoms with E-state index in [-0.39, 0.29) is 0 Å². The van der Waals surface area contributed by atoms with Gasteiger partial charge in [-0.3, -0.25) is 9.80 Å². The standard InChI is InChI=1S/C32H36N2O3S.2C2H2O4/c1-2-8-30-29(7-1)31(37-28-15-13-27(14-16-28)36-24-22-34-19-5-6-20-34)32(38-30)25-9-11-26(12-10-25)35-23-21-33-17-3-4-18-33;2*3-1(4)2(5)6/h1-2,7-16H,3-6,17-24H2;2*(H,3,4)(H,5,6). The highest BCUT2D eigenvalue weighted by molar-refractivity contribution is 7.22. The molecule has 0 atom stereocenters. The van der Waals surface area contributed by atoms with Crippen LogP contribution in [0.4, 0.5) is 0 Å². The van der Waals surface area contributed by atoms with Gasteiger partial charge in [0.1, 0.15) is 30.5 Å². The number of benzene rings is 3. The summed E-state index contributed by atoms with van der Waals surface area (Å²) in [5.41, 5.74) is 1.13. The first-order valence-electron chi connectivity index (χ1n) is 16.1. The Hall–Kier alpha value is -5.18. The molecule has 0 aliphatic carbocycles. The minimum absolute atomic E-state index is 0.720. The molecule has 1 aromatic heterocycles. The number of carboxylic acid groups (broad SMARTS) is 4. The molecule has 3 heterocycles. The van der Waals surface area contributed by atoms with E-state index in [9.17, 15) is 0 Å². The van der Waals surface area contributed by atoms with Crippen LogP contribution in [0.5, 0.6) is 23.0 Å². The molecule has 0 bridgehead atoms. The van der Waals surface area contributed by atoms with Gasteiger partial charge in [-0.1, -0.05) is 12.1 Å². The summed E-state index contributed by atoms with van der Waals surface area (Å²) in [6, 6.07) is 24.9.